The second-order valence-corrected chi connectivity index (χ2v) is 6.54. The Morgan fingerprint density at radius 2 is 2.14 bits per heavy atom. The lowest BCUT2D eigenvalue weighted by molar-refractivity contribution is 0.102. The first-order chi connectivity index (χ1) is 10.8. The topological polar surface area (TPSA) is 51.2 Å². The first-order valence-corrected chi connectivity index (χ1v) is 8.63. The van der Waals surface area contributed by atoms with Crippen LogP contribution in [-0.2, 0) is 0 Å². The normalized spacial score (nSPS) is 15.5. The number of thiophene rings is 1. The Morgan fingerprint density at radius 3 is 2.91 bits per heavy atom. The molecular formula is C17H20N2O2S. The van der Waals surface area contributed by atoms with Crippen molar-refractivity contribution in [2.45, 2.75) is 32.1 Å². The predicted molar refractivity (Wildman–Crippen MR) is 88.6 cm³/mol. The molecule has 0 atom stereocenters. The van der Waals surface area contributed by atoms with Crippen molar-refractivity contribution in [1.29, 1.82) is 0 Å². The molecule has 4 nitrogen and oxygen atoms in total. The molecule has 1 saturated carbocycles. The van der Waals surface area contributed by atoms with Gasteiger partial charge < -0.3 is 10.1 Å². The molecule has 1 aliphatic carbocycles. The second-order valence-electron chi connectivity index (χ2n) is 5.60. The number of nitrogens with one attached hydrogen (secondary N) is 1. The molecule has 1 fully saturated rings. The molecule has 3 rings (SSSR count). The van der Waals surface area contributed by atoms with Gasteiger partial charge in [-0.15, -0.1) is 11.3 Å². The standard InChI is InChI=1S/C17H20N2O2S/c20-17(15-9-5-11-22-15)19-16-14(8-4-10-18-16)21-12-13-6-2-1-3-7-13/h4-5,8-11,13H,1-3,6-7,12H2,(H,18,19,20). The predicted octanol–water partition coefficient (Wildman–Crippen LogP) is 4.35. The Labute approximate surface area is 134 Å². The van der Waals surface area contributed by atoms with Crippen molar-refractivity contribution >= 4 is 23.1 Å². The average molecular weight is 316 g/mol. The van der Waals surface area contributed by atoms with Crippen molar-refractivity contribution < 1.29 is 9.53 Å². The number of hydrogen-bond donors (Lipinski definition) is 1. The van der Waals surface area contributed by atoms with Crippen LogP contribution in [0.5, 0.6) is 5.75 Å². The van der Waals surface area contributed by atoms with Gasteiger partial charge in [-0.2, -0.15) is 0 Å². The molecule has 5 heteroatoms. The van der Waals surface area contributed by atoms with E-state index < -0.39 is 0 Å². The Bertz CT molecular complexity index is 607. The van der Waals surface area contributed by atoms with Gasteiger partial charge in [0, 0.05) is 6.20 Å². The van der Waals surface area contributed by atoms with Gasteiger partial charge in [0.2, 0.25) is 0 Å². The Hall–Kier alpha value is -1.88. The van der Waals surface area contributed by atoms with Gasteiger partial charge in [0.25, 0.3) is 5.91 Å². The highest BCUT2D eigenvalue weighted by Gasteiger charge is 2.16. The van der Waals surface area contributed by atoms with E-state index >= 15 is 0 Å². The van der Waals surface area contributed by atoms with E-state index in [2.05, 4.69) is 10.3 Å². The van der Waals surface area contributed by atoms with E-state index in [-0.39, 0.29) is 5.91 Å². The van der Waals surface area contributed by atoms with Gasteiger partial charge in [0.05, 0.1) is 11.5 Å². The van der Waals surface area contributed by atoms with Crippen LogP contribution in [0.25, 0.3) is 0 Å². The lowest BCUT2D eigenvalue weighted by atomic mass is 9.90. The van der Waals surface area contributed by atoms with Crippen LogP contribution in [-0.4, -0.2) is 17.5 Å². The van der Waals surface area contributed by atoms with Gasteiger partial charge in [-0.3, -0.25) is 4.79 Å². The monoisotopic (exact) mass is 316 g/mol. The summed E-state index contributed by atoms with van der Waals surface area (Å²) < 4.78 is 5.92. The fourth-order valence-corrected chi connectivity index (χ4v) is 3.36. The highest BCUT2D eigenvalue weighted by Crippen LogP contribution is 2.27. The average Bonchev–Trinajstić information content (AvgIpc) is 3.10. The van der Waals surface area contributed by atoms with Crippen LogP contribution in [0, 0.1) is 5.92 Å². The Morgan fingerprint density at radius 1 is 1.27 bits per heavy atom. The van der Waals surface area contributed by atoms with E-state index in [1.54, 1.807) is 12.3 Å². The molecule has 0 spiro atoms. The maximum Gasteiger partial charge on any atom is 0.266 e. The van der Waals surface area contributed by atoms with Gasteiger partial charge in [0.1, 0.15) is 0 Å². The van der Waals surface area contributed by atoms with Crippen LogP contribution in [0.4, 0.5) is 5.82 Å². The number of amides is 1. The molecule has 0 radical (unpaired) electrons. The summed E-state index contributed by atoms with van der Waals surface area (Å²) in [6.45, 7) is 0.702. The fraction of sp³-hybridized carbons (Fsp3) is 0.412. The van der Waals surface area contributed by atoms with Crippen molar-refractivity contribution in [2.24, 2.45) is 5.92 Å². The van der Waals surface area contributed by atoms with Crippen LogP contribution in [0.15, 0.2) is 35.8 Å². The van der Waals surface area contributed by atoms with Crippen molar-refractivity contribution in [2.75, 3.05) is 11.9 Å². The Kier molecular flexibility index (Phi) is 5.06. The molecule has 0 aliphatic heterocycles. The molecule has 22 heavy (non-hydrogen) atoms. The number of carbonyl (C=O) groups excluding carboxylic acids is 1. The zero-order valence-corrected chi connectivity index (χ0v) is 13.3. The third kappa shape index (κ3) is 3.85. The Balaban J connectivity index is 1.63. The molecule has 2 aromatic heterocycles. The lowest BCUT2D eigenvalue weighted by Gasteiger charge is -2.22. The molecule has 0 saturated heterocycles. The maximum absolute atomic E-state index is 12.1. The second kappa shape index (κ2) is 7.40. The van der Waals surface area contributed by atoms with Crippen LogP contribution in [0.2, 0.25) is 0 Å². The van der Waals surface area contributed by atoms with Crippen molar-refractivity contribution in [3.8, 4) is 5.75 Å². The first-order valence-electron chi connectivity index (χ1n) is 7.75. The first kappa shape index (κ1) is 15.0. The maximum atomic E-state index is 12.1. The largest absolute Gasteiger partial charge is 0.489 e. The lowest BCUT2D eigenvalue weighted by Crippen LogP contribution is -2.17. The molecule has 2 aromatic rings. The molecule has 116 valence electrons. The molecule has 0 bridgehead atoms. The van der Waals surface area contributed by atoms with E-state index in [1.165, 1.54) is 43.4 Å². The molecule has 0 unspecified atom stereocenters. The summed E-state index contributed by atoms with van der Waals surface area (Å²) in [6, 6.07) is 7.35. The summed E-state index contributed by atoms with van der Waals surface area (Å²) in [5, 5.41) is 4.72. The molecule has 1 N–H and O–H groups in total. The van der Waals surface area contributed by atoms with E-state index in [4.69, 9.17) is 4.74 Å². The summed E-state index contributed by atoms with van der Waals surface area (Å²) in [7, 11) is 0. The van der Waals surface area contributed by atoms with E-state index in [0.29, 0.717) is 29.0 Å². The summed E-state index contributed by atoms with van der Waals surface area (Å²) >= 11 is 1.41. The smallest absolute Gasteiger partial charge is 0.266 e. The SMILES string of the molecule is O=C(Nc1ncccc1OCC1CCCCC1)c1cccs1. The number of nitrogens with zero attached hydrogens (tertiary/aromatic N) is 1. The van der Waals surface area contributed by atoms with Gasteiger partial charge in [-0.25, -0.2) is 4.98 Å². The van der Waals surface area contributed by atoms with Gasteiger partial charge in [-0.1, -0.05) is 25.3 Å². The van der Waals surface area contributed by atoms with Crippen molar-refractivity contribution in [3.63, 3.8) is 0 Å². The number of carbonyl (C=O) groups is 1. The number of aromatic nitrogens is 1. The zero-order chi connectivity index (χ0) is 15.2. The van der Waals surface area contributed by atoms with E-state index in [9.17, 15) is 4.79 Å². The zero-order valence-electron chi connectivity index (χ0n) is 12.5. The summed E-state index contributed by atoms with van der Waals surface area (Å²) in [4.78, 5) is 17.0. The van der Waals surface area contributed by atoms with Crippen molar-refractivity contribution in [1.82, 2.24) is 4.98 Å². The number of pyridine rings is 1. The summed E-state index contributed by atoms with van der Waals surface area (Å²) in [6.07, 6.45) is 8.06. The van der Waals surface area contributed by atoms with Crippen LogP contribution < -0.4 is 10.1 Å². The molecule has 0 aromatic carbocycles. The summed E-state index contributed by atoms with van der Waals surface area (Å²) in [5.41, 5.74) is 0. The molecule has 1 aliphatic rings. The molecule has 1 amide bonds. The third-order valence-corrected chi connectivity index (χ3v) is 4.82. The van der Waals surface area contributed by atoms with Gasteiger partial charge >= 0.3 is 0 Å². The third-order valence-electron chi connectivity index (χ3n) is 3.95. The minimum Gasteiger partial charge on any atom is -0.489 e. The number of ether oxygens (including phenoxy) is 1. The summed E-state index contributed by atoms with van der Waals surface area (Å²) in [5.74, 6) is 1.63. The number of rotatable bonds is 5. The van der Waals surface area contributed by atoms with Crippen LogP contribution in [0.3, 0.4) is 0 Å². The van der Waals surface area contributed by atoms with Gasteiger partial charge in [0.15, 0.2) is 11.6 Å². The van der Waals surface area contributed by atoms with Gasteiger partial charge in [-0.05, 0) is 42.3 Å². The minimum absolute atomic E-state index is 0.142. The quantitative estimate of drug-likeness (QED) is 0.892. The highest BCUT2D eigenvalue weighted by molar-refractivity contribution is 7.12. The molecular weight excluding hydrogens is 296 g/mol. The van der Waals surface area contributed by atoms with Crippen LogP contribution >= 0.6 is 11.3 Å². The van der Waals surface area contributed by atoms with E-state index in [1.807, 2.05) is 23.6 Å². The minimum atomic E-state index is -0.142. The fourth-order valence-electron chi connectivity index (χ4n) is 2.74. The van der Waals surface area contributed by atoms with Crippen LogP contribution in [0.1, 0.15) is 41.8 Å². The van der Waals surface area contributed by atoms with E-state index in [0.717, 1.165) is 0 Å². The highest BCUT2D eigenvalue weighted by atomic mass is 32.1. The van der Waals surface area contributed by atoms with Crippen molar-refractivity contribution in [3.05, 3.63) is 40.7 Å². The molecule has 2 heterocycles. The number of hydrogen-bond acceptors (Lipinski definition) is 4. The number of anilines is 1.